The molecule has 188 valence electrons. The number of carbonyl (C=O) groups excluding carboxylic acids is 3. The average molecular weight is 490 g/mol. The van der Waals surface area contributed by atoms with Crippen LogP contribution in [0.3, 0.4) is 0 Å². The smallest absolute Gasteiger partial charge is 0.314 e. The number of aryl methyl sites for hydroxylation is 2. The van der Waals surface area contributed by atoms with Crippen molar-refractivity contribution in [3.8, 4) is 0 Å². The number of ether oxygens (including phenoxy) is 2. The van der Waals surface area contributed by atoms with E-state index in [1.807, 2.05) is 65.0 Å². The molecular formula is C28H31N3O5. The second-order valence-electron chi connectivity index (χ2n) is 10.9. The molecule has 0 aliphatic carbocycles. The predicted molar refractivity (Wildman–Crippen MR) is 133 cm³/mol. The van der Waals surface area contributed by atoms with Crippen molar-refractivity contribution in [1.29, 1.82) is 0 Å². The van der Waals surface area contributed by atoms with Crippen LogP contribution in [0.25, 0.3) is 0 Å². The van der Waals surface area contributed by atoms with Gasteiger partial charge in [0, 0.05) is 17.4 Å². The molecule has 8 nitrogen and oxygen atoms in total. The van der Waals surface area contributed by atoms with Gasteiger partial charge < -0.3 is 19.7 Å². The van der Waals surface area contributed by atoms with Gasteiger partial charge in [-0.25, -0.2) is 0 Å². The summed E-state index contributed by atoms with van der Waals surface area (Å²) in [5.41, 5.74) is 1.78. The number of fused-ring (bicyclic) bond motifs is 1. The molecule has 1 aromatic heterocycles. The molecule has 3 aliphatic heterocycles. The molecule has 2 aromatic rings. The Morgan fingerprint density at radius 2 is 2.00 bits per heavy atom. The number of hydrogen-bond acceptors (Lipinski definition) is 6. The molecule has 5 atom stereocenters. The monoisotopic (exact) mass is 489 g/mol. The molecule has 2 bridgehead atoms. The molecule has 1 aromatic carbocycles. The van der Waals surface area contributed by atoms with Gasteiger partial charge in [0.1, 0.15) is 11.5 Å². The molecule has 0 saturated carbocycles. The van der Waals surface area contributed by atoms with E-state index in [0.717, 1.165) is 16.8 Å². The van der Waals surface area contributed by atoms with E-state index in [-0.39, 0.29) is 5.91 Å². The first kappa shape index (κ1) is 24.2. The Morgan fingerprint density at radius 3 is 2.67 bits per heavy atom. The highest BCUT2D eigenvalue weighted by molar-refractivity contribution is 6.03. The fourth-order valence-corrected chi connectivity index (χ4v) is 5.49. The zero-order valence-electron chi connectivity index (χ0n) is 21.1. The van der Waals surface area contributed by atoms with Crippen LogP contribution in [0.15, 0.2) is 54.7 Å². The van der Waals surface area contributed by atoms with Crippen molar-refractivity contribution < 1.29 is 23.9 Å². The Kier molecular flexibility index (Phi) is 5.75. The summed E-state index contributed by atoms with van der Waals surface area (Å²) in [5, 5.41) is 2.86. The summed E-state index contributed by atoms with van der Waals surface area (Å²) >= 11 is 0. The largest absolute Gasteiger partial charge is 0.445 e. The van der Waals surface area contributed by atoms with Crippen LogP contribution in [0, 0.1) is 25.7 Å². The Labute approximate surface area is 210 Å². The van der Waals surface area contributed by atoms with Crippen molar-refractivity contribution in [2.45, 2.75) is 58.0 Å². The zero-order valence-corrected chi connectivity index (χ0v) is 21.1. The fraction of sp³-hybridized carbons (Fsp3) is 0.429. The molecule has 2 amide bonds. The molecule has 2 saturated heterocycles. The van der Waals surface area contributed by atoms with Crippen molar-refractivity contribution in [1.82, 2.24) is 10.3 Å². The summed E-state index contributed by atoms with van der Waals surface area (Å²) in [4.78, 5) is 46.4. The number of amides is 2. The molecule has 0 radical (unpaired) electrons. The van der Waals surface area contributed by atoms with Gasteiger partial charge in [-0.1, -0.05) is 35.9 Å². The summed E-state index contributed by atoms with van der Waals surface area (Å²) in [6.07, 6.45) is 3.44. The normalized spacial score (nSPS) is 27.2. The van der Waals surface area contributed by atoms with Crippen molar-refractivity contribution in [2.24, 2.45) is 11.8 Å². The van der Waals surface area contributed by atoms with Crippen LogP contribution in [-0.2, 0) is 23.9 Å². The second-order valence-corrected chi connectivity index (χ2v) is 10.9. The number of anilines is 1. The van der Waals surface area contributed by atoms with Crippen LogP contribution in [0.2, 0.25) is 0 Å². The Balaban J connectivity index is 1.43. The molecule has 1 spiro atoms. The van der Waals surface area contributed by atoms with Gasteiger partial charge in [-0.15, -0.1) is 0 Å². The molecule has 1 N–H and O–H groups in total. The first-order valence-electron chi connectivity index (χ1n) is 12.2. The van der Waals surface area contributed by atoms with Gasteiger partial charge in [0.05, 0.1) is 24.3 Å². The Bertz CT molecular complexity index is 1250. The molecule has 4 heterocycles. The van der Waals surface area contributed by atoms with Crippen molar-refractivity contribution >= 4 is 23.5 Å². The van der Waals surface area contributed by atoms with Crippen molar-refractivity contribution in [3.63, 3.8) is 0 Å². The number of pyridine rings is 1. The molecular weight excluding hydrogens is 458 g/mol. The van der Waals surface area contributed by atoms with E-state index in [2.05, 4.69) is 10.3 Å². The molecule has 36 heavy (non-hydrogen) atoms. The molecule has 5 rings (SSSR count). The quantitative estimate of drug-likeness (QED) is 0.512. The van der Waals surface area contributed by atoms with E-state index in [1.165, 1.54) is 0 Å². The SMILES string of the molecule is Cc1ccc(N2C[C@]34C=C[C@H](O3)[C@H](C(=O)O[C@H](C(=O)NC(C)(C)C)c3ccccn3)[C@@H]4C2=O)c(C)c1. The van der Waals surface area contributed by atoms with E-state index >= 15 is 0 Å². The van der Waals surface area contributed by atoms with E-state index in [9.17, 15) is 14.4 Å². The van der Waals surface area contributed by atoms with Crippen LogP contribution < -0.4 is 10.2 Å². The van der Waals surface area contributed by atoms with E-state index < -0.39 is 47.1 Å². The highest BCUT2D eigenvalue weighted by Crippen LogP contribution is 2.53. The number of benzene rings is 1. The molecule has 3 aliphatic rings. The van der Waals surface area contributed by atoms with Crippen molar-refractivity contribution in [3.05, 3.63) is 71.6 Å². The Morgan fingerprint density at radius 1 is 1.22 bits per heavy atom. The van der Waals surface area contributed by atoms with Gasteiger partial charge in [-0.3, -0.25) is 19.4 Å². The lowest BCUT2D eigenvalue weighted by atomic mass is 9.77. The average Bonchev–Trinajstić information content (AvgIpc) is 3.45. The Hall–Kier alpha value is -3.52. The minimum absolute atomic E-state index is 0.177. The third kappa shape index (κ3) is 4.09. The maximum absolute atomic E-state index is 13.7. The second kappa shape index (κ2) is 8.55. The molecule has 8 heteroatoms. The lowest BCUT2D eigenvalue weighted by Crippen LogP contribution is -2.46. The lowest BCUT2D eigenvalue weighted by Gasteiger charge is -2.27. The number of esters is 1. The summed E-state index contributed by atoms with van der Waals surface area (Å²) in [7, 11) is 0. The first-order valence-corrected chi connectivity index (χ1v) is 12.2. The molecule has 2 fully saturated rings. The van der Waals surface area contributed by atoms with Crippen LogP contribution in [0.5, 0.6) is 0 Å². The zero-order chi connectivity index (χ0) is 25.8. The summed E-state index contributed by atoms with van der Waals surface area (Å²) in [6.45, 7) is 9.83. The van der Waals surface area contributed by atoms with Gasteiger partial charge in [-0.2, -0.15) is 0 Å². The first-order chi connectivity index (χ1) is 17.0. The van der Waals surface area contributed by atoms with Crippen molar-refractivity contribution in [2.75, 3.05) is 11.4 Å². The van der Waals surface area contributed by atoms with Crippen LogP contribution in [0.1, 0.15) is 43.7 Å². The topological polar surface area (TPSA) is 97.8 Å². The highest BCUT2D eigenvalue weighted by Gasteiger charge is 2.67. The van der Waals surface area contributed by atoms with Gasteiger partial charge in [-0.05, 0) is 58.4 Å². The lowest BCUT2D eigenvalue weighted by molar-refractivity contribution is -0.163. The summed E-state index contributed by atoms with van der Waals surface area (Å²) in [6, 6.07) is 11.0. The fourth-order valence-electron chi connectivity index (χ4n) is 5.49. The van der Waals surface area contributed by atoms with Gasteiger partial charge in [0.2, 0.25) is 12.0 Å². The third-order valence-electron chi connectivity index (χ3n) is 6.94. The van der Waals surface area contributed by atoms with E-state index in [1.54, 1.807) is 29.3 Å². The van der Waals surface area contributed by atoms with Crippen LogP contribution >= 0.6 is 0 Å². The minimum atomic E-state index is -1.25. The minimum Gasteiger partial charge on any atom is -0.445 e. The maximum Gasteiger partial charge on any atom is 0.314 e. The molecule has 0 unspecified atom stereocenters. The van der Waals surface area contributed by atoms with Gasteiger partial charge in [0.25, 0.3) is 5.91 Å². The highest BCUT2D eigenvalue weighted by atomic mass is 16.6. The maximum atomic E-state index is 13.7. The standard InChI is InChI=1S/C28H31N3O5/c1-16-9-10-19(17(2)14-16)31-15-28-12-11-20(36-28)21(22(28)25(31)33)26(34)35-23(18-8-6-7-13-29-18)24(32)30-27(3,4)5/h6-14,20-23H,15H2,1-5H3,(H,30,32)/t20-,21-,22+,23-,28-/m0/s1. The summed E-state index contributed by atoms with van der Waals surface area (Å²) in [5.74, 6) is -2.88. The number of rotatable bonds is 5. The number of nitrogens with one attached hydrogen (secondary N) is 1. The van der Waals surface area contributed by atoms with Gasteiger partial charge in [0.15, 0.2) is 0 Å². The predicted octanol–water partition coefficient (Wildman–Crippen LogP) is 3.18. The summed E-state index contributed by atoms with van der Waals surface area (Å²) < 4.78 is 12.1. The van der Waals surface area contributed by atoms with Crippen LogP contribution in [0.4, 0.5) is 5.69 Å². The number of hydrogen-bond donors (Lipinski definition) is 1. The number of nitrogens with zero attached hydrogens (tertiary/aromatic N) is 2. The third-order valence-corrected chi connectivity index (χ3v) is 6.94. The number of aromatic nitrogens is 1. The van der Waals surface area contributed by atoms with Gasteiger partial charge >= 0.3 is 5.97 Å². The van der Waals surface area contributed by atoms with E-state index in [4.69, 9.17) is 9.47 Å². The van der Waals surface area contributed by atoms with Crippen LogP contribution in [-0.4, -0.2) is 46.6 Å². The number of carbonyl (C=O) groups is 3. The van der Waals surface area contributed by atoms with E-state index in [0.29, 0.717) is 12.2 Å².